The summed E-state index contributed by atoms with van der Waals surface area (Å²) >= 11 is 0. The lowest BCUT2D eigenvalue weighted by Gasteiger charge is -2.11. The molecule has 21 heavy (non-hydrogen) atoms. The maximum Gasteiger partial charge on any atom is 0.158 e. The molecule has 1 aromatic carbocycles. The van der Waals surface area contributed by atoms with Crippen molar-refractivity contribution in [1.82, 2.24) is 14.8 Å². The van der Waals surface area contributed by atoms with Crippen molar-refractivity contribution in [3.05, 3.63) is 35.7 Å². The van der Waals surface area contributed by atoms with Gasteiger partial charge in [0.1, 0.15) is 5.82 Å². The van der Waals surface area contributed by atoms with E-state index in [2.05, 4.69) is 22.2 Å². The molecule has 106 valence electrons. The van der Waals surface area contributed by atoms with Crippen LogP contribution in [0.25, 0.3) is 11.4 Å². The molecule has 0 aliphatic rings. The van der Waals surface area contributed by atoms with Crippen LogP contribution >= 0.6 is 0 Å². The molecule has 5 nitrogen and oxygen atoms in total. The van der Waals surface area contributed by atoms with Crippen LogP contribution in [-0.4, -0.2) is 14.8 Å². The zero-order chi connectivity index (χ0) is 15.2. The van der Waals surface area contributed by atoms with Crippen molar-refractivity contribution in [2.24, 2.45) is 5.92 Å². The maximum absolute atomic E-state index is 9.22. The highest BCUT2D eigenvalue weighted by atomic mass is 15.3. The summed E-state index contributed by atoms with van der Waals surface area (Å²) in [5.41, 5.74) is 2.15. The fourth-order valence-corrected chi connectivity index (χ4v) is 2.25. The monoisotopic (exact) mass is 279 g/mol. The van der Waals surface area contributed by atoms with E-state index >= 15 is 0 Å². The Kier molecular flexibility index (Phi) is 4.68. The molecule has 1 atom stereocenters. The van der Waals surface area contributed by atoms with Gasteiger partial charge in [-0.3, -0.25) is 0 Å². The van der Waals surface area contributed by atoms with E-state index in [4.69, 9.17) is 5.26 Å². The van der Waals surface area contributed by atoms with Crippen molar-refractivity contribution in [1.29, 1.82) is 10.5 Å². The average Bonchev–Trinajstić information content (AvgIpc) is 2.84. The van der Waals surface area contributed by atoms with Gasteiger partial charge in [0.2, 0.25) is 0 Å². The first kappa shape index (κ1) is 14.7. The van der Waals surface area contributed by atoms with Crippen LogP contribution in [0.4, 0.5) is 0 Å². The molecule has 0 radical (unpaired) electrons. The van der Waals surface area contributed by atoms with E-state index in [1.165, 1.54) is 0 Å². The summed E-state index contributed by atoms with van der Waals surface area (Å²) in [6.45, 7) is 4.33. The third kappa shape index (κ3) is 3.46. The van der Waals surface area contributed by atoms with Crippen LogP contribution in [0.3, 0.4) is 0 Å². The van der Waals surface area contributed by atoms with E-state index in [1.54, 1.807) is 4.68 Å². The lowest BCUT2D eigenvalue weighted by Crippen LogP contribution is -2.12. The van der Waals surface area contributed by atoms with E-state index in [0.29, 0.717) is 25.2 Å². The first-order valence-electron chi connectivity index (χ1n) is 6.89. The van der Waals surface area contributed by atoms with E-state index in [-0.39, 0.29) is 5.92 Å². The van der Waals surface area contributed by atoms with Crippen LogP contribution in [0.2, 0.25) is 0 Å². The molecule has 1 heterocycles. The Morgan fingerprint density at radius 2 is 2.00 bits per heavy atom. The molecule has 0 N–H and O–H groups in total. The van der Waals surface area contributed by atoms with Gasteiger partial charge >= 0.3 is 0 Å². The Hall–Kier alpha value is -2.66. The predicted molar refractivity (Wildman–Crippen MR) is 78.9 cm³/mol. The van der Waals surface area contributed by atoms with Gasteiger partial charge in [-0.25, -0.2) is 9.67 Å². The maximum atomic E-state index is 9.22. The van der Waals surface area contributed by atoms with Gasteiger partial charge in [0.15, 0.2) is 5.82 Å². The third-order valence-corrected chi connectivity index (χ3v) is 3.34. The zero-order valence-electron chi connectivity index (χ0n) is 12.2. The topological polar surface area (TPSA) is 78.3 Å². The van der Waals surface area contributed by atoms with Crippen molar-refractivity contribution >= 4 is 0 Å². The first-order valence-corrected chi connectivity index (χ1v) is 6.89. The number of benzene rings is 1. The smallest absolute Gasteiger partial charge is 0.158 e. The molecule has 0 spiro atoms. The molecule has 2 aromatic rings. The highest BCUT2D eigenvalue weighted by molar-refractivity contribution is 5.59. The first-order chi connectivity index (χ1) is 10.2. The number of rotatable bonds is 5. The molecule has 0 bridgehead atoms. The van der Waals surface area contributed by atoms with Crippen molar-refractivity contribution in [3.63, 3.8) is 0 Å². The van der Waals surface area contributed by atoms with Gasteiger partial charge in [-0.2, -0.15) is 15.6 Å². The molecular weight excluding hydrogens is 262 g/mol. The van der Waals surface area contributed by atoms with Gasteiger partial charge in [0.25, 0.3) is 0 Å². The second-order valence-corrected chi connectivity index (χ2v) is 5.00. The standard InChI is InChI=1S/C16H17N5/c1-12-6-3-4-8-15(12)16-19-13(2)20-21(16)11-14(10-18)7-5-9-17/h3-4,6,8,14H,5,7,11H2,1-2H3. The van der Waals surface area contributed by atoms with Gasteiger partial charge < -0.3 is 0 Å². The number of hydrogen-bond acceptors (Lipinski definition) is 4. The zero-order valence-corrected chi connectivity index (χ0v) is 12.2. The average molecular weight is 279 g/mol. The van der Waals surface area contributed by atoms with E-state index in [9.17, 15) is 5.26 Å². The molecule has 0 amide bonds. The summed E-state index contributed by atoms with van der Waals surface area (Å²) in [5.74, 6) is 1.24. The predicted octanol–water partition coefficient (Wildman–Crippen LogP) is 3.01. The highest BCUT2D eigenvalue weighted by Crippen LogP contribution is 2.22. The summed E-state index contributed by atoms with van der Waals surface area (Å²) in [6.07, 6.45) is 0.935. The number of aryl methyl sites for hydroxylation is 2. The van der Waals surface area contributed by atoms with E-state index in [0.717, 1.165) is 17.0 Å². The SMILES string of the molecule is Cc1nc(-c2ccccc2C)n(CC(C#N)CCC#N)n1. The van der Waals surface area contributed by atoms with Crippen LogP contribution in [0.1, 0.15) is 24.2 Å². The Morgan fingerprint density at radius 1 is 1.24 bits per heavy atom. The second kappa shape index (κ2) is 6.67. The molecule has 0 saturated heterocycles. The van der Waals surface area contributed by atoms with Gasteiger partial charge in [-0.15, -0.1) is 0 Å². The van der Waals surface area contributed by atoms with E-state index < -0.39 is 0 Å². The molecule has 5 heteroatoms. The largest absolute Gasteiger partial charge is 0.244 e. The van der Waals surface area contributed by atoms with Crippen LogP contribution in [0.15, 0.2) is 24.3 Å². The van der Waals surface area contributed by atoms with Crippen LogP contribution in [-0.2, 0) is 6.54 Å². The molecule has 1 aromatic heterocycles. The molecule has 0 fully saturated rings. The Morgan fingerprint density at radius 3 is 2.67 bits per heavy atom. The fourth-order valence-electron chi connectivity index (χ4n) is 2.25. The Bertz CT molecular complexity index is 702. The van der Waals surface area contributed by atoms with Crippen molar-refractivity contribution < 1.29 is 0 Å². The van der Waals surface area contributed by atoms with Crippen LogP contribution in [0, 0.1) is 42.4 Å². The molecule has 0 saturated carbocycles. The number of nitriles is 2. The third-order valence-electron chi connectivity index (χ3n) is 3.34. The summed E-state index contributed by atoms with van der Waals surface area (Å²) < 4.78 is 1.78. The Balaban J connectivity index is 2.32. The van der Waals surface area contributed by atoms with Crippen molar-refractivity contribution in [3.8, 4) is 23.5 Å². The van der Waals surface area contributed by atoms with Crippen LogP contribution in [0.5, 0.6) is 0 Å². The van der Waals surface area contributed by atoms with Crippen molar-refractivity contribution in [2.45, 2.75) is 33.2 Å². The normalized spacial score (nSPS) is 11.6. The molecule has 0 aliphatic carbocycles. The lowest BCUT2D eigenvalue weighted by atomic mass is 10.0. The summed E-state index contributed by atoms with van der Waals surface area (Å²) in [6, 6.07) is 12.3. The van der Waals surface area contributed by atoms with Gasteiger partial charge in [-0.05, 0) is 25.8 Å². The van der Waals surface area contributed by atoms with Gasteiger partial charge in [-0.1, -0.05) is 24.3 Å². The molecule has 2 rings (SSSR count). The summed E-state index contributed by atoms with van der Waals surface area (Å²) in [7, 11) is 0. The van der Waals surface area contributed by atoms with Crippen molar-refractivity contribution in [2.75, 3.05) is 0 Å². The fraction of sp³-hybridized carbons (Fsp3) is 0.375. The summed E-state index contributed by atoms with van der Waals surface area (Å²) in [4.78, 5) is 4.49. The molecule has 1 unspecified atom stereocenters. The minimum atomic E-state index is -0.228. The minimum absolute atomic E-state index is 0.228. The van der Waals surface area contributed by atoms with Gasteiger partial charge in [0.05, 0.1) is 24.6 Å². The number of nitrogens with zero attached hydrogens (tertiary/aromatic N) is 5. The summed E-state index contributed by atoms with van der Waals surface area (Å²) in [5, 5.41) is 22.3. The minimum Gasteiger partial charge on any atom is -0.244 e. The molecule has 0 aliphatic heterocycles. The number of hydrogen-bond donors (Lipinski definition) is 0. The lowest BCUT2D eigenvalue weighted by molar-refractivity contribution is 0.477. The number of aromatic nitrogens is 3. The quantitative estimate of drug-likeness (QED) is 0.842. The Labute approximate surface area is 124 Å². The van der Waals surface area contributed by atoms with Crippen LogP contribution < -0.4 is 0 Å². The highest BCUT2D eigenvalue weighted by Gasteiger charge is 2.16. The van der Waals surface area contributed by atoms with E-state index in [1.807, 2.05) is 38.1 Å². The van der Waals surface area contributed by atoms with Gasteiger partial charge in [0, 0.05) is 12.0 Å². The molecular formula is C16H17N5. The second-order valence-electron chi connectivity index (χ2n) is 5.00.